The third kappa shape index (κ3) is 12.7. The quantitative estimate of drug-likeness (QED) is 0.239. The number of nitrogens with zero attached hydrogens (tertiary/aromatic N) is 3. The first kappa shape index (κ1) is 42.1. The standard InChI is InChI=1S/C16H26N2O.C12H21N3P.C3H8.2C2H6/c1-8-14-12(2)9-10-13(11-19)18(14)16(6,17-7)15(3,4)5;1-9-7-11(14-8-13-9)15-12(10-5-6-10)16(2,3)4;1-3-2;2*1-2/h8-11,17H,1-7H3;7-8,10,12H,5-6H2,1-4H3,(H,13,14,15);3H2,1-2H3;2*1-2H3/q;+1;;;. The molecule has 0 aromatic carbocycles. The fourth-order valence-electron chi connectivity index (χ4n) is 4.50. The van der Waals surface area contributed by atoms with Crippen molar-refractivity contribution in [3.05, 3.63) is 53.3 Å². The number of allylic oxidation sites excluding steroid dienone is 5. The number of aromatic nitrogens is 2. The molecule has 0 radical (unpaired) electrons. The van der Waals surface area contributed by atoms with E-state index < -0.39 is 7.26 Å². The molecule has 2 unspecified atom stereocenters. The Morgan fingerprint density at radius 1 is 1.02 bits per heavy atom. The van der Waals surface area contributed by atoms with Crippen LogP contribution in [0.5, 0.6) is 0 Å². The average molecular weight is 605 g/mol. The fourth-order valence-corrected chi connectivity index (χ4v) is 6.58. The molecule has 0 amide bonds. The number of aryl methyl sites for hydroxylation is 1. The minimum absolute atomic E-state index is 0.0459. The Kier molecular flexibility index (Phi) is 20.1. The predicted octanol–water partition coefficient (Wildman–Crippen LogP) is 9.53. The lowest BCUT2D eigenvalue weighted by Gasteiger charge is -2.52. The van der Waals surface area contributed by atoms with Gasteiger partial charge in [-0.15, -0.1) is 0 Å². The number of carbonyl (C=O) groups excluding carboxylic acids is 1. The largest absolute Gasteiger partial charge is 0.335 e. The van der Waals surface area contributed by atoms with E-state index in [-0.39, 0.29) is 11.1 Å². The Hall–Kier alpha value is -2.04. The summed E-state index contributed by atoms with van der Waals surface area (Å²) in [4.78, 5) is 22.0. The molecule has 1 aliphatic heterocycles. The Morgan fingerprint density at radius 3 is 1.90 bits per heavy atom. The molecule has 2 atom stereocenters. The molecule has 0 saturated heterocycles. The van der Waals surface area contributed by atoms with E-state index in [4.69, 9.17) is 0 Å². The van der Waals surface area contributed by atoms with Gasteiger partial charge in [-0.2, -0.15) is 0 Å². The molecule has 7 heteroatoms. The van der Waals surface area contributed by atoms with Crippen LogP contribution in [0.1, 0.15) is 108 Å². The highest BCUT2D eigenvalue weighted by Crippen LogP contribution is 2.59. The van der Waals surface area contributed by atoms with Gasteiger partial charge in [-0.05, 0) is 64.6 Å². The smallest absolute Gasteiger partial charge is 0.166 e. The lowest BCUT2D eigenvalue weighted by Crippen LogP contribution is -2.62. The second kappa shape index (κ2) is 20.0. The van der Waals surface area contributed by atoms with Gasteiger partial charge in [0.25, 0.3) is 0 Å². The molecule has 2 aliphatic rings. The van der Waals surface area contributed by atoms with E-state index in [1.807, 2.05) is 66.8 Å². The summed E-state index contributed by atoms with van der Waals surface area (Å²) < 4.78 is 0. The van der Waals surface area contributed by atoms with Gasteiger partial charge in [0.05, 0.1) is 31.4 Å². The number of aldehydes is 1. The lowest BCUT2D eigenvalue weighted by molar-refractivity contribution is -0.107. The van der Waals surface area contributed by atoms with Crippen LogP contribution in [0.15, 0.2) is 47.6 Å². The molecule has 1 fully saturated rings. The van der Waals surface area contributed by atoms with E-state index in [1.54, 1.807) is 6.33 Å². The van der Waals surface area contributed by atoms with E-state index in [0.29, 0.717) is 11.5 Å². The van der Waals surface area contributed by atoms with Gasteiger partial charge in [0, 0.05) is 30.6 Å². The maximum absolute atomic E-state index is 11.4. The number of hydrogen-bond donors (Lipinski definition) is 2. The van der Waals surface area contributed by atoms with Gasteiger partial charge in [0.1, 0.15) is 17.9 Å². The number of nitrogens with one attached hydrogen (secondary N) is 2. The summed E-state index contributed by atoms with van der Waals surface area (Å²) in [6.07, 6.45) is 12.5. The zero-order chi connectivity index (χ0) is 33.3. The first-order valence-electron chi connectivity index (χ1n) is 16.0. The zero-order valence-corrected chi connectivity index (χ0v) is 31.3. The SMILES string of the molecule is CC.CC.CC=C1C(C)=CC=C(C=O)N1C(C)(NC)C(C)(C)C.CCC.Cc1cc(NC(C2CC2)[P+](C)(C)C)ncn1. The third-order valence-electron chi connectivity index (χ3n) is 7.20. The Morgan fingerprint density at radius 2 is 1.55 bits per heavy atom. The van der Waals surface area contributed by atoms with Crippen LogP contribution in [0.2, 0.25) is 0 Å². The molecule has 0 spiro atoms. The molecule has 0 bridgehead atoms. The van der Waals surface area contributed by atoms with Crippen molar-refractivity contribution in [3.63, 3.8) is 0 Å². The molecule has 1 saturated carbocycles. The third-order valence-corrected chi connectivity index (χ3v) is 9.42. The number of carbonyl (C=O) groups is 1. The van der Waals surface area contributed by atoms with Crippen LogP contribution in [0, 0.1) is 18.3 Å². The van der Waals surface area contributed by atoms with Crippen molar-refractivity contribution in [2.75, 3.05) is 32.4 Å². The topological polar surface area (TPSA) is 70.2 Å². The number of rotatable bonds is 7. The van der Waals surface area contributed by atoms with Crippen LogP contribution < -0.4 is 10.6 Å². The molecule has 3 rings (SSSR count). The van der Waals surface area contributed by atoms with E-state index in [2.05, 4.69) is 100 Å². The Labute approximate surface area is 261 Å². The van der Waals surface area contributed by atoms with Crippen molar-refractivity contribution in [3.8, 4) is 0 Å². The van der Waals surface area contributed by atoms with Crippen LogP contribution >= 0.6 is 7.26 Å². The summed E-state index contributed by atoms with van der Waals surface area (Å²) in [5.41, 5.74) is 3.56. The second-order valence-corrected chi connectivity index (χ2v) is 17.2. The van der Waals surface area contributed by atoms with E-state index in [9.17, 15) is 4.79 Å². The van der Waals surface area contributed by atoms with Gasteiger partial charge < -0.3 is 10.2 Å². The monoisotopic (exact) mass is 605 g/mol. The lowest BCUT2D eigenvalue weighted by atomic mass is 9.79. The van der Waals surface area contributed by atoms with E-state index >= 15 is 0 Å². The molecule has 1 aromatic heterocycles. The molecular weight excluding hydrogens is 537 g/mol. The van der Waals surface area contributed by atoms with Crippen molar-refractivity contribution >= 4 is 19.4 Å². The van der Waals surface area contributed by atoms with Gasteiger partial charge >= 0.3 is 0 Å². The summed E-state index contributed by atoms with van der Waals surface area (Å²) in [5.74, 6) is 2.48. The maximum atomic E-state index is 11.4. The minimum atomic E-state index is -0.872. The van der Waals surface area contributed by atoms with Gasteiger partial charge in [-0.1, -0.05) is 80.9 Å². The van der Waals surface area contributed by atoms with Crippen LogP contribution in [-0.2, 0) is 4.79 Å². The van der Waals surface area contributed by atoms with Crippen molar-refractivity contribution in [2.45, 2.75) is 121 Å². The Bertz CT molecular complexity index is 997. The first-order valence-corrected chi connectivity index (χ1v) is 19.2. The molecular formula is C35H67N5OP+. The molecule has 1 aromatic rings. The molecule has 1 aliphatic carbocycles. The highest BCUT2D eigenvalue weighted by Gasteiger charge is 2.45. The molecule has 42 heavy (non-hydrogen) atoms. The summed E-state index contributed by atoms with van der Waals surface area (Å²) in [6.45, 7) is 34.2. The summed E-state index contributed by atoms with van der Waals surface area (Å²) >= 11 is 0. The van der Waals surface area contributed by atoms with Gasteiger partial charge in [-0.25, -0.2) is 9.97 Å². The maximum Gasteiger partial charge on any atom is 0.166 e. The first-order chi connectivity index (χ1) is 19.6. The number of anilines is 1. The minimum Gasteiger partial charge on any atom is -0.335 e. The predicted molar refractivity (Wildman–Crippen MR) is 191 cm³/mol. The summed E-state index contributed by atoms with van der Waals surface area (Å²) in [5, 5.41) is 7.02. The van der Waals surface area contributed by atoms with Crippen LogP contribution in [-0.4, -0.2) is 59.6 Å². The highest BCUT2D eigenvalue weighted by molar-refractivity contribution is 7.74. The van der Waals surface area contributed by atoms with E-state index in [1.165, 1.54) is 24.8 Å². The van der Waals surface area contributed by atoms with Crippen molar-refractivity contribution < 1.29 is 4.79 Å². The summed E-state index contributed by atoms with van der Waals surface area (Å²) in [6, 6.07) is 2.03. The van der Waals surface area contributed by atoms with E-state index in [0.717, 1.165) is 29.4 Å². The summed E-state index contributed by atoms with van der Waals surface area (Å²) in [7, 11) is 1.07. The fraction of sp³-hybridized carbons (Fsp3) is 0.686. The van der Waals surface area contributed by atoms with Crippen LogP contribution in [0.25, 0.3) is 0 Å². The second-order valence-electron chi connectivity index (χ2n) is 12.4. The average Bonchev–Trinajstić information content (AvgIpc) is 3.78. The Balaban J connectivity index is 0. The van der Waals surface area contributed by atoms with Gasteiger partial charge in [-0.3, -0.25) is 10.1 Å². The molecule has 2 N–H and O–H groups in total. The van der Waals surface area contributed by atoms with Gasteiger partial charge in [0.15, 0.2) is 6.29 Å². The van der Waals surface area contributed by atoms with Crippen LogP contribution in [0.4, 0.5) is 5.82 Å². The van der Waals surface area contributed by atoms with Crippen molar-refractivity contribution in [1.29, 1.82) is 0 Å². The molecule has 2 heterocycles. The van der Waals surface area contributed by atoms with Crippen molar-refractivity contribution in [1.82, 2.24) is 20.2 Å². The normalized spacial score (nSPS) is 17.5. The van der Waals surface area contributed by atoms with Crippen molar-refractivity contribution in [2.24, 2.45) is 11.3 Å². The highest BCUT2D eigenvalue weighted by atomic mass is 31.2. The van der Waals surface area contributed by atoms with Crippen LogP contribution in [0.3, 0.4) is 0 Å². The zero-order valence-electron chi connectivity index (χ0n) is 30.4. The van der Waals surface area contributed by atoms with Gasteiger partial charge in [0.2, 0.25) is 0 Å². The molecule has 242 valence electrons. The molecule has 6 nitrogen and oxygen atoms in total. The number of hydrogen-bond acceptors (Lipinski definition) is 6.